The predicted molar refractivity (Wildman–Crippen MR) is 99.4 cm³/mol. The summed E-state index contributed by atoms with van der Waals surface area (Å²) >= 11 is 1.19. The Morgan fingerprint density at radius 2 is 1.81 bits per heavy atom. The summed E-state index contributed by atoms with van der Waals surface area (Å²) in [5.74, 6) is -0.269. The normalized spacial score (nSPS) is 14.7. The lowest BCUT2D eigenvalue weighted by atomic mass is 10.1. The predicted octanol–water partition coefficient (Wildman–Crippen LogP) is 2.95. The van der Waals surface area contributed by atoms with Crippen molar-refractivity contribution in [1.82, 2.24) is 15.1 Å². The Kier molecular flexibility index (Phi) is 6.30. The van der Waals surface area contributed by atoms with Crippen molar-refractivity contribution < 1.29 is 14.3 Å². The molecule has 0 saturated carbocycles. The molecule has 26 heavy (non-hydrogen) atoms. The van der Waals surface area contributed by atoms with Crippen LogP contribution in [0, 0.1) is 0 Å². The van der Waals surface area contributed by atoms with E-state index in [0.29, 0.717) is 22.9 Å². The molecule has 2 aromatic rings. The molecular formula is C18H22N4O3S. The van der Waals surface area contributed by atoms with E-state index in [-0.39, 0.29) is 16.8 Å². The number of nitrogens with one attached hydrogen (secondary N) is 1. The van der Waals surface area contributed by atoms with Gasteiger partial charge in [0.1, 0.15) is 5.01 Å². The third-order valence-corrected chi connectivity index (χ3v) is 5.11. The summed E-state index contributed by atoms with van der Waals surface area (Å²) in [4.78, 5) is 26.7. The highest BCUT2D eigenvalue weighted by molar-refractivity contribution is 7.13. The molecule has 8 heteroatoms. The molecule has 0 radical (unpaired) electrons. The van der Waals surface area contributed by atoms with E-state index >= 15 is 0 Å². The second-order valence-electron chi connectivity index (χ2n) is 6.17. The fourth-order valence-electron chi connectivity index (χ4n) is 2.86. The Hall–Kier alpha value is -2.32. The Morgan fingerprint density at radius 1 is 1.12 bits per heavy atom. The van der Waals surface area contributed by atoms with Crippen molar-refractivity contribution in [1.29, 1.82) is 0 Å². The second kappa shape index (κ2) is 8.86. The molecule has 138 valence electrons. The van der Waals surface area contributed by atoms with Crippen LogP contribution in [0.3, 0.4) is 0 Å². The van der Waals surface area contributed by atoms with Gasteiger partial charge in [0.2, 0.25) is 5.01 Å². The lowest BCUT2D eigenvalue weighted by Gasteiger charge is -2.20. The molecule has 1 aliphatic heterocycles. The minimum absolute atomic E-state index is 0.0538. The van der Waals surface area contributed by atoms with Gasteiger partial charge in [-0.1, -0.05) is 24.2 Å². The smallest absolute Gasteiger partial charge is 0.286 e. The van der Waals surface area contributed by atoms with Crippen molar-refractivity contribution in [2.45, 2.75) is 32.3 Å². The maximum absolute atomic E-state index is 12.6. The number of hydrogen-bond acceptors (Lipinski definition) is 6. The first-order chi connectivity index (χ1) is 12.7. The van der Waals surface area contributed by atoms with Gasteiger partial charge in [-0.25, -0.2) is 0 Å². The van der Waals surface area contributed by atoms with Crippen LogP contribution >= 0.6 is 11.3 Å². The highest BCUT2D eigenvalue weighted by atomic mass is 32.1. The number of hydrogen-bond donors (Lipinski definition) is 1. The van der Waals surface area contributed by atoms with Crippen molar-refractivity contribution >= 4 is 28.8 Å². The molecule has 0 spiro atoms. The van der Waals surface area contributed by atoms with Crippen LogP contribution in [0.5, 0.6) is 0 Å². The molecule has 2 amide bonds. The Labute approximate surface area is 156 Å². The SMILES string of the molecule is COCc1nnc(C(=O)Nc2ccc(C(=O)N3CCCCCC3)cc2)s1. The number of carbonyl (C=O) groups excluding carboxylic acids is 2. The quantitative estimate of drug-likeness (QED) is 0.870. The van der Waals surface area contributed by atoms with Crippen LogP contribution in [-0.4, -0.2) is 47.1 Å². The van der Waals surface area contributed by atoms with Gasteiger partial charge >= 0.3 is 0 Å². The fraction of sp³-hybridized carbons (Fsp3) is 0.444. The van der Waals surface area contributed by atoms with Crippen LogP contribution in [0.15, 0.2) is 24.3 Å². The van der Waals surface area contributed by atoms with Crippen LogP contribution in [0.2, 0.25) is 0 Å². The summed E-state index contributed by atoms with van der Waals surface area (Å²) in [6.07, 6.45) is 4.50. The number of likely N-dealkylation sites (tertiary alicyclic amines) is 1. The van der Waals surface area contributed by atoms with Crippen molar-refractivity contribution in [3.8, 4) is 0 Å². The summed E-state index contributed by atoms with van der Waals surface area (Å²) in [5.41, 5.74) is 1.26. The van der Waals surface area contributed by atoms with Crippen LogP contribution in [0.4, 0.5) is 5.69 Å². The van der Waals surface area contributed by atoms with Crippen molar-refractivity contribution in [3.63, 3.8) is 0 Å². The van der Waals surface area contributed by atoms with E-state index < -0.39 is 0 Å². The topological polar surface area (TPSA) is 84.4 Å². The van der Waals surface area contributed by atoms with E-state index in [1.807, 2.05) is 4.90 Å². The Morgan fingerprint density at radius 3 is 2.46 bits per heavy atom. The average Bonchev–Trinajstić information content (AvgIpc) is 2.95. The maximum atomic E-state index is 12.6. The number of amides is 2. The van der Waals surface area contributed by atoms with E-state index in [1.165, 1.54) is 24.2 Å². The molecule has 3 rings (SSSR count). The van der Waals surface area contributed by atoms with Gasteiger partial charge in [-0.3, -0.25) is 9.59 Å². The van der Waals surface area contributed by atoms with Crippen molar-refractivity contribution in [2.75, 3.05) is 25.5 Å². The van der Waals surface area contributed by atoms with E-state index in [0.717, 1.165) is 25.9 Å². The number of rotatable bonds is 5. The van der Waals surface area contributed by atoms with Gasteiger partial charge in [-0.15, -0.1) is 10.2 Å². The highest BCUT2D eigenvalue weighted by Crippen LogP contribution is 2.17. The Balaban J connectivity index is 1.61. The van der Waals surface area contributed by atoms with Gasteiger partial charge in [0.25, 0.3) is 11.8 Å². The summed E-state index contributed by atoms with van der Waals surface area (Å²) in [5, 5.41) is 11.5. The number of carbonyl (C=O) groups is 2. The van der Waals surface area contributed by atoms with Gasteiger partial charge in [0, 0.05) is 31.5 Å². The van der Waals surface area contributed by atoms with Crippen molar-refractivity contribution in [3.05, 3.63) is 39.8 Å². The minimum atomic E-state index is -0.323. The third-order valence-electron chi connectivity index (χ3n) is 4.21. The molecule has 0 aliphatic carbocycles. The van der Waals surface area contributed by atoms with Gasteiger partial charge in [-0.2, -0.15) is 0 Å². The number of anilines is 1. The van der Waals surface area contributed by atoms with Gasteiger partial charge < -0.3 is 15.0 Å². The summed E-state index contributed by atoms with van der Waals surface area (Å²) in [6, 6.07) is 6.97. The first-order valence-electron chi connectivity index (χ1n) is 8.69. The maximum Gasteiger partial charge on any atom is 0.286 e. The summed E-state index contributed by atoms with van der Waals surface area (Å²) < 4.78 is 4.97. The number of ether oxygens (including phenoxy) is 1. The molecule has 1 saturated heterocycles. The number of methoxy groups -OCH3 is 1. The van der Waals surface area contributed by atoms with Crippen molar-refractivity contribution in [2.24, 2.45) is 0 Å². The Bertz CT molecular complexity index is 752. The number of benzene rings is 1. The van der Waals surface area contributed by atoms with E-state index in [4.69, 9.17) is 4.74 Å². The monoisotopic (exact) mass is 374 g/mol. The molecule has 1 aromatic carbocycles. The first kappa shape index (κ1) is 18.5. The van der Waals surface area contributed by atoms with E-state index in [2.05, 4.69) is 15.5 Å². The summed E-state index contributed by atoms with van der Waals surface area (Å²) in [7, 11) is 1.57. The standard InChI is InChI=1S/C18H22N4O3S/c1-25-12-15-20-21-17(26-15)16(23)19-14-8-6-13(7-9-14)18(24)22-10-4-2-3-5-11-22/h6-9H,2-5,10-12H2,1H3,(H,19,23). The molecule has 1 aliphatic rings. The zero-order chi connectivity index (χ0) is 18.4. The molecule has 2 heterocycles. The molecule has 1 fully saturated rings. The van der Waals surface area contributed by atoms with E-state index in [9.17, 15) is 9.59 Å². The van der Waals surface area contributed by atoms with Crippen LogP contribution in [-0.2, 0) is 11.3 Å². The second-order valence-corrected chi connectivity index (χ2v) is 7.23. The molecule has 0 atom stereocenters. The number of aromatic nitrogens is 2. The average molecular weight is 374 g/mol. The molecule has 1 N–H and O–H groups in total. The van der Waals surface area contributed by atoms with Crippen LogP contribution in [0.25, 0.3) is 0 Å². The fourth-order valence-corrected chi connectivity index (χ4v) is 3.57. The van der Waals surface area contributed by atoms with Gasteiger partial charge in [-0.05, 0) is 37.1 Å². The lowest BCUT2D eigenvalue weighted by molar-refractivity contribution is 0.0761. The molecule has 1 aromatic heterocycles. The van der Waals surface area contributed by atoms with E-state index in [1.54, 1.807) is 31.4 Å². The summed E-state index contributed by atoms with van der Waals surface area (Å²) in [6.45, 7) is 1.97. The first-order valence-corrected chi connectivity index (χ1v) is 9.51. The number of nitrogens with zero attached hydrogens (tertiary/aromatic N) is 3. The molecule has 0 bridgehead atoms. The van der Waals surface area contributed by atoms with Crippen LogP contribution in [0.1, 0.15) is 50.9 Å². The third kappa shape index (κ3) is 4.64. The zero-order valence-corrected chi connectivity index (χ0v) is 15.6. The van der Waals surface area contributed by atoms with Crippen LogP contribution < -0.4 is 5.32 Å². The largest absolute Gasteiger partial charge is 0.377 e. The minimum Gasteiger partial charge on any atom is -0.377 e. The zero-order valence-electron chi connectivity index (χ0n) is 14.7. The molecular weight excluding hydrogens is 352 g/mol. The van der Waals surface area contributed by atoms with Gasteiger partial charge in [0.05, 0.1) is 6.61 Å². The lowest BCUT2D eigenvalue weighted by Crippen LogP contribution is -2.31. The van der Waals surface area contributed by atoms with Gasteiger partial charge in [0.15, 0.2) is 0 Å². The molecule has 7 nitrogen and oxygen atoms in total. The highest BCUT2D eigenvalue weighted by Gasteiger charge is 2.18. The molecule has 0 unspecified atom stereocenters.